The second-order valence-electron chi connectivity index (χ2n) is 16.0. The lowest BCUT2D eigenvalue weighted by atomic mass is 9.67. The molecule has 12 rings (SSSR count). The molecule has 0 aliphatic heterocycles. The first-order valence-corrected chi connectivity index (χ1v) is 21.8. The van der Waals surface area contributed by atoms with Gasteiger partial charge in [0.25, 0.3) is 0 Å². The first-order chi connectivity index (χ1) is 30.3. The molecular weight excluding hydrogens is 755 g/mol. The highest BCUT2D eigenvalue weighted by atomic mass is 32.1. The second kappa shape index (κ2) is 14.3. The molecule has 1 nitrogen and oxygen atoms in total. The Kier molecular flexibility index (Phi) is 8.33. The lowest BCUT2D eigenvalue weighted by Gasteiger charge is -2.34. The number of anilines is 3. The van der Waals surface area contributed by atoms with Crippen molar-refractivity contribution in [3.63, 3.8) is 0 Å². The predicted molar refractivity (Wildman–Crippen MR) is 260 cm³/mol. The van der Waals surface area contributed by atoms with Crippen molar-refractivity contribution in [2.45, 2.75) is 5.41 Å². The molecule has 0 N–H and O–H groups in total. The smallest absolute Gasteiger partial charge is 0.0713 e. The standard InChI is InChI=1S/C59H39NS/c1-3-19-44(20-4-1)59(45-21-5-2-6-22-45)54-29-11-9-25-50(54)51-37-34-42(39-55(51)59)40-32-35-46(36-33-40)60(56-30-15-28-53-52-26-10-12-31-57(52)61-58(53)56)47-23-13-18-43(38-47)49-27-14-17-41-16-7-8-24-48(41)49/h1-39H. The van der Waals surface area contributed by atoms with Gasteiger partial charge >= 0.3 is 0 Å². The SMILES string of the molecule is c1ccc(C2(c3ccccc3)c3ccccc3-c3ccc(-c4ccc(N(c5cccc(-c6cccc7ccccc67)c5)c5cccc6c5sc5ccccc56)cc4)cc32)cc1. The van der Waals surface area contributed by atoms with Crippen LogP contribution in [0, 0.1) is 0 Å². The maximum atomic E-state index is 2.45. The summed E-state index contributed by atoms with van der Waals surface area (Å²) in [5, 5.41) is 5.08. The topological polar surface area (TPSA) is 3.24 Å². The summed E-state index contributed by atoms with van der Waals surface area (Å²) in [4.78, 5) is 2.45. The predicted octanol–water partition coefficient (Wildman–Crippen LogP) is 16.4. The average molecular weight is 794 g/mol. The van der Waals surface area contributed by atoms with Crippen molar-refractivity contribution in [1.82, 2.24) is 0 Å². The van der Waals surface area contributed by atoms with Crippen LogP contribution in [-0.2, 0) is 5.41 Å². The molecule has 1 aliphatic rings. The van der Waals surface area contributed by atoms with Crippen molar-refractivity contribution < 1.29 is 0 Å². The van der Waals surface area contributed by atoms with E-state index in [1.54, 1.807) is 0 Å². The molecule has 286 valence electrons. The highest BCUT2D eigenvalue weighted by molar-refractivity contribution is 7.26. The monoisotopic (exact) mass is 793 g/mol. The van der Waals surface area contributed by atoms with E-state index in [0.29, 0.717) is 0 Å². The largest absolute Gasteiger partial charge is 0.309 e. The van der Waals surface area contributed by atoms with Crippen molar-refractivity contribution >= 4 is 59.3 Å². The Labute approximate surface area is 360 Å². The summed E-state index contributed by atoms with van der Waals surface area (Å²) in [7, 11) is 0. The average Bonchev–Trinajstić information content (AvgIpc) is 3.87. The number of rotatable bonds is 7. The summed E-state index contributed by atoms with van der Waals surface area (Å²) in [5.74, 6) is 0. The van der Waals surface area contributed by atoms with E-state index in [1.807, 2.05) is 11.3 Å². The molecule has 0 spiro atoms. The fraction of sp³-hybridized carbons (Fsp3) is 0.0169. The Balaban J connectivity index is 1.02. The van der Waals surface area contributed by atoms with Gasteiger partial charge in [-0.1, -0.05) is 194 Å². The Hall–Kier alpha value is -7.52. The molecule has 1 aliphatic carbocycles. The van der Waals surface area contributed by atoms with Gasteiger partial charge in [0.15, 0.2) is 0 Å². The minimum Gasteiger partial charge on any atom is -0.309 e. The molecule has 0 saturated carbocycles. The van der Waals surface area contributed by atoms with Gasteiger partial charge in [0.2, 0.25) is 0 Å². The Morgan fingerprint density at radius 2 is 0.951 bits per heavy atom. The van der Waals surface area contributed by atoms with E-state index in [1.165, 1.54) is 92.3 Å². The zero-order chi connectivity index (χ0) is 40.3. The van der Waals surface area contributed by atoms with Gasteiger partial charge in [-0.15, -0.1) is 11.3 Å². The van der Waals surface area contributed by atoms with E-state index in [4.69, 9.17) is 0 Å². The van der Waals surface area contributed by atoms with Crippen LogP contribution in [0.4, 0.5) is 17.1 Å². The zero-order valence-electron chi connectivity index (χ0n) is 33.4. The van der Waals surface area contributed by atoms with E-state index < -0.39 is 5.41 Å². The van der Waals surface area contributed by atoms with Crippen LogP contribution >= 0.6 is 11.3 Å². The number of hydrogen-bond donors (Lipinski definition) is 0. The molecule has 0 fully saturated rings. The second-order valence-corrected chi connectivity index (χ2v) is 17.1. The van der Waals surface area contributed by atoms with Crippen LogP contribution in [0.25, 0.3) is 64.3 Å². The zero-order valence-corrected chi connectivity index (χ0v) is 34.2. The minimum absolute atomic E-state index is 0.445. The quantitative estimate of drug-likeness (QED) is 0.155. The van der Waals surface area contributed by atoms with Crippen molar-refractivity contribution in [2.75, 3.05) is 4.90 Å². The molecule has 0 bridgehead atoms. The van der Waals surface area contributed by atoms with Crippen LogP contribution in [0.1, 0.15) is 22.3 Å². The molecular formula is C59H39NS. The number of benzene rings is 10. The van der Waals surface area contributed by atoms with Gasteiger partial charge in [0, 0.05) is 26.8 Å². The Morgan fingerprint density at radius 3 is 1.77 bits per heavy atom. The van der Waals surface area contributed by atoms with Gasteiger partial charge in [-0.05, 0) is 109 Å². The lowest BCUT2D eigenvalue weighted by Crippen LogP contribution is -2.28. The van der Waals surface area contributed by atoms with Crippen molar-refractivity contribution in [3.8, 4) is 33.4 Å². The normalized spacial score (nSPS) is 12.7. The number of fused-ring (bicyclic) bond motifs is 7. The molecule has 0 amide bonds. The molecule has 2 heteroatoms. The van der Waals surface area contributed by atoms with Crippen LogP contribution < -0.4 is 4.90 Å². The van der Waals surface area contributed by atoms with E-state index in [2.05, 4.69) is 241 Å². The summed E-state index contributed by atoms with van der Waals surface area (Å²) in [6.45, 7) is 0. The maximum Gasteiger partial charge on any atom is 0.0713 e. The fourth-order valence-corrected chi connectivity index (χ4v) is 11.3. The molecule has 0 saturated heterocycles. The molecule has 61 heavy (non-hydrogen) atoms. The minimum atomic E-state index is -0.445. The van der Waals surface area contributed by atoms with Gasteiger partial charge in [-0.2, -0.15) is 0 Å². The summed E-state index contributed by atoms with van der Waals surface area (Å²) >= 11 is 1.87. The molecule has 0 unspecified atom stereocenters. The molecule has 10 aromatic carbocycles. The van der Waals surface area contributed by atoms with Crippen LogP contribution in [0.15, 0.2) is 237 Å². The van der Waals surface area contributed by atoms with Crippen LogP contribution in [0.5, 0.6) is 0 Å². The van der Waals surface area contributed by atoms with Gasteiger partial charge in [0.05, 0.1) is 15.8 Å². The van der Waals surface area contributed by atoms with E-state index in [9.17, 15) is 0 Å². The van der Waals surface area contributed by atoms with Gasteiger partial charge < -0.3 is 4.90 Å². The lowest BCUT2D eigenvalue weighted by molar-refractivity contribution is 0.769. The molecule has 11 aromatic rings. The summed E-state index contributed by atoms with van der Waals surface area (Å²) in [6.07, 6.45) is 0. The van der Waals surface area contributed by atoms with Gasteiger partial charge in [-0.25, -0.2) is 0 Å². The van der Waals surface area contributed by atoms with Crippen LogP contribution in [0.2, 0.25) is 0 Å². The van der Waals surface area contributed by atoms with E-state index in [0.717, 1.165) is 11.4 Å². The van der Waals surface area contributed by atoms with Crippen LogP contribution in [0.3, 0.4) is 0 Å². The fourth-order valence-electron chi connectivity index (χ4n) is 10.1. The molecule has 0 atom stereocenters. The van der Waals surface area contributed by atoms with E-state index >= 15 is 0 Å². The van der Waals surface area contributed by atoms with Crippen molar-refractivity contribution in [2.24, 2.45) is 0 Å². The Bertz CT molecular complexity index is 3370. The van der Waals surface area contributed by atoms with E-state index in [-0.39, 0.29) is 0 Å². The van der Waals surface area contributed by atoms with Crippen molar-refractivity contribution in [1.29, 1.82) is 0 Å². The molecule has 1 heterocycles. The first-order valence-electron chi connectivity index (χ1n) is 21.0. The van der Waals surface area contributed by atoms with Crippen LogP contribution in [-0.4, -0.2) is 0 Å². The Morgan fingerprint density at radius 1 is 0.344 bits per heavy atom. The third kappa shape index (κ3) is 5.60. The van der Waals surface area contributed by atoms with Gasteiger partial charge in [-0.3, -0.25) is 0 Å². The highest BCUT2D eigenvalue weighted by Gasteiger charge is 2.46. The maximum absolute atomic E-state index is 2.45. The third-order valence-corrected chi connectivity index (χ3v) is 14.0. The van der Waals surface area contributed by atoms with Gasteiger partial charge in [0.1, 0.15) is 0 Å². The summed E-state index contributed by atoms with van der Waals surface area (Å²) in [6, 6.07) is 87.2. The number of nitrogens with zero attached hydrogens (tertiary/aromatic N) is 1. The first kappa shape index (κ1) is 35.4. The number of hydrogen-bond acceptors (Lipinski definition) is 2. The molecule has 1 aromatic heterocycles. The number of thiophene rings is 1. The summed E-state index contributed by atoms with van der Waals surface area (Å²) in [5.41, 5.74) is 15.5. The molecule has 0 radical (unpaired) electrons. The summed E-state index contributed by atoms with van der Waals surface area (Å²) < 4.78 is 2.57. The van der Waals surface area contributed by atoms with Crippen molar-refractivity contribution in [3.05, 3.63) is 259 Å². The highest BCUT2D eigenvalue weighted by Crippen LogP contribution is 2.57. The third-order valence-electron chi connectivity index (χ3n) is 12.7.